The highest BCUT2D eigenvalue weighted by molar-refractivity contribution is 6.46. The fourth-order valence-electron chi connectivity index (χ4n) is 6.38. The minimum Gasteiger partial charge on any atom is -0.306 e. The third-order valence-corrected chi connectivity index (χ3v) is 8.76. The molecule has 42 heavy (non-hydrogen) atoms. The Morgan fingerprint density at radius 2 is 1.74 bits per heavy atom. The van der Waals surface area contributed by atoms with Crippen LogP contribution in [-0.2, 0) is 17.5 Å². The standard InChI is InChI=1S/C31H40F3N7O/c1-4-5-26(23-8-6-21(7-9-23)18-35-19-27-37-39-40-38-27)41-29(42)28(24-10-12-25(13-11-24)31(32,33)34)36-30(41)16-14-22(15-17-30)20(2)3/h6-13,20,22,26,35,39-40H,4-5,14-19H2,1-3H3,(H,37,38). The predicted molar refractivity (Wildman–Crippen MR) is 157 cm³/mol. The number of nitrogens with zero attached hydrogens (tertiary/aromatic N) is 3. The molecule has 8 nitrogen and oxygen atoms in total. The number of nitrogens with one attached hydrogen (secondary N) is 4. The van der Waals surface area contributed by atoms with Gasteiger partial charge in [0.25, 0.3) is 5.91 Å². The highest BCUT2D eigenvalue weighted by Crippen LogP contribution is 2.48. The second kappa shape index (κ2) is 12.4. The SMILES string of the molecule is CCCC(c1ccc(CNCC2=NNNN2)cc1)N1C(=O)C(c2ccc(C(F)(F)F)cc2)=NC12CCC(C(C)C)CC2. The summed E-state index contributed by atoms with van der Waals surface area (Å²) in [5.74, 6) is 1.67. The maximum Gasteiger partial charge on any atom is 0.416 e. The number of amidine groups is 1. The second-order valence-corrected chi connectivity index (χ2v) is 11.8. The number of hydrazone groups is 1. The van der Waals surface area contributed by atoms with Gasteiger partial charge < -0.3 is 10.2 Å². The zero-order valence-corrected chi connectivity index (χ0v) is 24.4. The molecule has 5 rings (SSSR count). The average Bonchev–Trinajstić information content (AvgIpc) is 3.58. The van der Waals surface area contributed by atoms with Crippen LogP contribution in [-0.4, -0.2) is 34.6 Å². The molecule has 1 saturated carbocycles. The molecule has 226 valence electrons. The molecule has 2 aromatic carbocycles. The molecule has 1 spiro atoms. The van der Waals surface area contributed by atoms with Crippen molar-refractivity contribution in [3.63, 3.8) is 0 Å². The Bertz CT molecular complexity index is 1300. The Balaban J connectivity index is 1.42. The number of carbonyl (C=O) groups excluding carboxylic acids is 1. The van der Waals surface area contributed by atoms with Crippen molar-refractivity contribution in [2.75, 3.05) is 6.54 Å². The molecule has 3 aliphatic rings. The summed E-state index contributed by atoms with van der Waals surface area (Å²) >= 11 is 0. The summed E-state index contributed by atoms with van der Waals surface area (Å²) in [5, 5.41) is 7.41. The van der Waals surface area contributed by atoms with Crippen molar-refractivity contribution >= 4 is 17.5 Å². The van der Waals surface area contributed by atoms with Gasteiger partial charge in [-0.15, -0.1) is 10.6 Å². The van der Waals surface area contributed by atoms with E-state index in [1.807, 2.05) is 4.90 Å². The Morgan fingerprint density at radius 3 is 2.31 bits per heavy atom. The van der Waals surface area contributed by atoms with E-state index in [2.05, 4.69) is 72.0 Å². The third-order valence-electron chi connectivity index (χ3n) is 8.76. The molecule has 1 unspecified atom stereocenters. The molecule has 0 aromatic heterocycles. The van der Waals surface area contributed by atoms with Gasteiger partial charge in [-0.1, -0.05) is 63.6 Å². The van der Waals surface area contributed by atoms with Gasteiger partial charge in [-0.25, -0.2) is 5.53 Å². The van der Waals surface area contributed by atoms with Gasteiger partial charge in [-0.3, -0.25) is 15.2 Å². The van der Waals surface area contributed by atoms with Crippen LogP contribution >= 0.6 is 0 Å². The lowest BCUT2D eigenvalue weighted by molar-refractivity contribution is -0.137. The molecule has 4 N–H and O–H groups in total. The first-order valence-corrected chi connectivity index (χ1v) is 14.8. The van der Waals surface area contributed by atoms with E-state index in [0.717, 1.165) is 67.6 Å². The molecular formula is C31H40F3N7O. The van der Waals surface area contributed by atoms with E-state index in [-0.39, 0.29) is 17.7 Å². The van der Waals surface area contributed by atoms with Gasteiger partial charge in [0.1, 0.15) is 11.4 Å². The summed E-state index contributed by atoms with van der Waals surface area (Å²) in [6.45, 7) is 7.81. The van der Waals surface area contributed by atoms with E-state index < -0.39 is 17.4 Å². The van der Waals surface area contributed by atoms with E-state index in [9.17, 15) is 18.0 Å². The first-order chi connectivity index (χ1) is 20.1. The molecule has 2 aromatic rings. The molecule has 0 bridgehead atoms. The lowest BCUT2D eigenvalue weighted by atomic mass is 9.76. The van der Waals surface area contributed by atoms with Crippen LogP contribution in [0.3, 0.4) is 0 Å². The zero-order valence-electron chi connectivity index (χ0n) is 24.4. The number of aliphatic imine (C=N–C) groups is 1. The van der Waals surface area contributed by atoms with Gasteiger partial charge in [0.05, 0.1) is 18.2 Å². The average molecular weight is 584 g/mol. The van der Waals surface area contributed by atoms with E-state index >= 15 is 0 Å². The Kier molecular flexibility index (Phi) is 8.89. The molecule has 1 fully saturated rings. The minimum absolute atomic E-state index is 0.190. The monoisotopic (exact) mass is 583 g/mol. The van der Waals surface area contributed by atoms with Gasteiger partial charge in [-0.05, 0) is 67.2 Å². The van der Waals surface area contributed by atoms with Crippen molar-refractivity contribution in [2.24, 2.45) is 21.9 Å². The molecule has 11 heteroatoms. The molecular weight excluding hydrogens is 543 g/mol. The van der Waals surface area contributed by atoms with Crippen LogP contribution in [0.4, 0.5) is 13.2 Å². The molecule has 1 atom stereocenters. The van der Waals surface area contributed by atoms with Crippen LogP contribution in [0.1, 0.15) is 87.6 Å². The quantitative estimate of drug-likeness (QED) is 0.299. The summed E-state index contributed by atoms with van der Waals surface area (Å²) < 4.78 is 39.7. The summed E-state index contributed by atoms with van der Waals surface area (Å²) in [6.07, 6.45) is 0.604. The number of rotatable bonds is 10. The van der Waals surface area contributed by atoms with Gasteiger partial charge >= 0.3 is 6.18 Å². The molecule has 1 amide bonds. The number of hydrogen-bond donors (Lipinski definition) is 4. The third kappa shape index (κ3) is 6.32. The van der Waals surface area contributed by atoms with Gasteiger partial charge in [0, 0.05) is 12.1 Å². The first-order valence-electron chi connectivity index (χ1n) is 14.8. The van der Waals surface area contributed by atoms with Crippen molar-refractivity contribution in [3.05, 3.63) is 70.8 Å². The van der Waals surface area contributed by atoms with Crippen LogP contribution in [0, 0.1) is 11.8 Å². The van der Waals surface area contributed by atoms with Crippen molar-refractivity contribution in [3.8, 4) is 0 Å². The molecule has 2 heterocycles. The summed E-state index contributed by atoms with van der Waals surface area (Å²) in [6, 6.07) is 13.0. The molecule has 1 aliphatic carbocycles. The van der Waals surface area contributed by atoms with Crippen LogP contribution in [0.2, 0.25) is 0 Å². The number of carbonyl (C=O) groups is 1. The van der Waals surface area contributed by atoms with Crippen molar-refractivity contribution in [1.29, 1.82) is 0 Å². The topological polar surface area (TPSA) is 93.2 Å². The summed E-state index contributed by atoms with van der Waals surface area (Å²) in [7, 11) is 0. The number of alkyl halides is 3. The van der Waals surface area contributed by atoms with Crippen LogP contribution in [0.25, 0.3) is 0 Å². The number of benzene rings is 2. The van der Waals surface area contributed by atoms with E-state index in [1.165, 1.54) is 12.1 Å². The van der Waals surface area contributed by atoms with E-state index in [0.29, 0.717) is 30.5 Å². The zero-order chi connectivity index (χ0) is 29.9. The predicted octanol–water partition coefficient (Wildman–Crippen LogP) is 5.44. The van der Waals surface area contributed by atoms with E-state index in [4.69, 9.17) is 4.99 Å². The largest absolute Gasteiger partial charge is 0.416 e. The summed E-state index contributed by atoms with van der Waals surface area (Å²) in [5.41, 5.74) is 9.66. The van der Waals surface area contributed by atoms with Crippen molar-refractivity contribution < 1.29 is 18.0 Å². The maximum absolute atomic E-state index is 14.2. The van der Waals surface area contributed by atoms with Gasteiger partial charge in [-0.2, -0.15) is 13.2 Å². The highest BCUT2D eigenvalue weighted by atomic mass is 19.4. The number of amides is 1. The number of halogens is 3. The van der Waals surface area contributed by atoms with Crippen LogP contribution < -0.4 is 21.8 Å². The van der Waals surface area contributed by atoms with Crippen LogP contribution in [0.15, 0.2) is 58.6 Å². The number of hydrogen-bond acceptors (Lipinski definition) is 7. The normalized spacial score (nSPS) is 23.2. The number of hydrazine groups is 2. The lowest BCUT2D eigenvalue weighted by Gasteiger charge is -2.46. The molecule has 0 radical (unpaired) electrons. The minimum atomic E-state index is -4.44. The maximum atomic E-state index is 14.2. The Morgan fingerprint density at radius 1 is 1.05 bits per heavy atom. The fourth-order valence-corrected chi connectivity index (χ4v) is 6.38. The van der Waals surface area contributed by atoms with E-state index in [1.54, 1.807) is 0 Å². The van der Waals surface area contributed by atoms with Crippen molar-refractivity contribution in [1.82, 2.24) is 26.7 Å². The highest BCUT2D eigenvalue weighted by Gasteiger charge is 2.52. The summed E-state index contributed by atoms with van der Waals surface area (Å²) in [4.78, 5) is 21.3. The Hall–Kier alpha value is -3.44. The molecule has 0 saturated heterocycles. The van der Waals surface area contributed by atoms with Crippen molar-refractivity contribution in [2.45, 2.75) is 83.7 Å². The van der Waals surface area contributed by atoms with Crippen LogP contribution in [0.5, 0.6) is 0 Å². The smallest absolute Gasteiger partial charge is 0.306 e. The van der Waals surface area contributed by atoms with Gasteiger partial charge in [0.15, 0.2) is 5.84 Å². The second-order valence-electron chi connectivity index (χ2n) is 11.8. The lowest BCUT2D eigenvalue weighted by Crippen LogP contribution is -2.51. The Labute approximate surface area is 245 Å². The first kappa shape index (κ1) is 30.0. The van der Waals surface area contributed by atoms with Gasteiger partial charge in [0.2, 0.25) is 0 Å². The fraction of sp³-hybridized carbons (Fsp3) is 0.516. The molecule has 2 aliphatic heterocycles.